The van der Waals surface area contributed by atoms with Crippen molar-refractivity contribution in [1.29, 1.82) is 0 Å². The highest BCUT2D eigenvalue weighted by Crippen LogP contribution is 2.14. The molecule has 1 aromatic carbocycles. The number of aromatic nitrogens is 2. The van der Waals surface area contributed by atoms with Gasteiger partial charge in [0.15, 0.2) is 0 Å². The Morgan fingerprint density at radius 3 is 2.71 bits per heavy atom. The number of nitrogens with zero attached hydrogens (tertiary/aromatic N) is 2. The van der Waals surface area contributed by atoms with Crippen molar-refractivity contribution >= 4 is 0 Å². The molecule has 0 saturated carbocycles. The van der Waals surface area contributed by atoms with E-state index < -0.39 is 0 Å². The molecule has 0 aliphatic rings. The van der Waals surface area contributed by atoms with Gasteiger partial charge in [-0.25, -0.2) is 5.43 Å². The van der Waals surface area contributed by atoms with Crippen LogP contribution in [-0.4, -0.2) is 16.4 Å². The minimum atomic E-state index is -0.0808. The number of rotatable bonds is 5. The lowest BCUT2D eigenvalue weighted by Crippen LogP contribution is -2.33. The van der Waals surface area contributed by atoms with Crippen molar-refractivity contribution in [3.63, 3.8) is 0 Å². The Morgan fingerprint density at radius 2 is 2.12 bits per heavy atom. The summed E-state index contributed by atoms with van der Waals surface area (Å²) in [7, 11) is 1.88. The first-order chi connectivity index (χ1) is 8.31. The summed E-state index contributed by atoms with van der Waals surface area (Å²) in [6.45, 7) is 0.458. The minimum absolute atomic E-state index is 0.0808. The van der Waals surface area contributed by atoms with Crippen LogP contribution < -0.4 is 16.0 Å². The third kappa shape index (κ3) is 2.83. The molecule has 5 heteroatoms. The Hall–Kier alpha value is -1.85. The molecular formula is C12H16N4O. The van der Waals surface area contributed by atoms with Crippen molar-refractivity contribution in [2.45, 2.75) is 6.04 Å². The molecule has 0 aliphatic heterocycles. The number of nitrogens with one attached hydrogen (secondary N) is 1. The second-order valence-corrected chi connectivity index (χ2v) is 3.72. The van der Waals surface area contributed by atoms with Crippen molar-refractivity contribution in [3.05, 3.63) is 48.3 Å². The van der Waals surface area contributed by atoms with Gasteiger partial charge in [0, 0.05) is 13.2 Å². The van der Waals surface area contributed by atoms with Crippen LogP contribution >= 0.6 is 0 Å². The Kier molecular flexibility index (Phi) is 3.74. The van der Waals surface area contributed by atoms with E-state index in [2.05, 4.69) is 10.5 Å². The van der Waals surface area contributed by atoms with Crippen LogP contribution in [0.2, 0.25) is 0 Å². The van der Waals surface area contributed by atoms with Gasteiger partial charge in [0.1, 0.15) is 12.4 Å². The summed E-state index contributed by atoms with van der Waals surface area (Å²) in [5.74, 6) is 6.35. The molecule has 0 radical (unpaired) electrons. The van der Waals surface area contributed by atoms with Gasteiger partial charge < -0.3 is 4.74 Å². The highest BCUT2D eigenvalue weighted by Gasteiger charge is 2.13. The second-order valence-electron chi connectivity index (χ2n) is 3.72. The van der Waals surface area contributed by atoms with Crippen LogP contribution in [0.25, 0.3) is 0 Å². The lowest BCUT2D eigenvalue weighted by Gasteiger charge is -2.16. The van der Waals surface area contributed by atoms with Crippen LogP contribution in [-0.2, 0) is 7.05 Å². The predicted molar refractivity (Wildman–Crippen MR) is 65.2 cm³/mol. The zero-order chi connectivity index (χ0) is 12.1. The molecule has 2 rings (SSSR count). The maximum Gasteiger partial charge on any atom is 0.119 e. The van der Waals surface area contributed by atoms with Crippen molar-refractivity contribution in [2.24, 2.45) is 12.9 Å². The molecule has 90 valence electrons. The van der Waals surface area contributed by atoms with Gasteiger partial charge >= 0.3 is 0 Å². The van der Waals surface area contributed by atoms with Gasteiger partial charge in [-0.15, -0.1) is 0 Å². The summed E-state index contributed by atoms with van der Waals surface area (Å²) in [5.41, 5.74) is 3.72. The molecule has 0 fully saturated rings. The van der Waals surface area contributed by atoms with E-state index >= 15 is 0 Å². The Morgan fingerprint density at radius 1 is 1.35 bits per heavy atom. The first-order valence-electron chi connectivity index (χ1n) is 5.43. The number of para-hydroxylation sites is 1. The number of benzene rings is 1. The van der Waals surface area contributed by atoms with Crippen molar-refractivity contribution < 1.29 is 4.74 Å². The van der Waals surface area contributed by atoms with Gasteiger partial charge in [-0.2, -0.15) is 5.10 Å². The summed E-state index contributed by atoms with van der Waals surface area (Å²) in [5, 5.41) is 4.11. The molecule has 1 unspecified atom stereocenters. The highest BCUT2D eigenvalue weighted by molar-refractivity contribution is 5.21. The molecule has 3 N–H and O–H groups in total. The fraction of sp³-hybridized carbons (Fsp3) is 0.250. The highest BCUT2D eigenvalue weighted by atomic mass is 16.5. The number of hydrogen-bond donors (Lipinski definition) is 2. The number of nitrogens with two attached hydrogens (primary N) is 1. The number of hydrogen-bond acceptors (Lipinski definition) is 4. The van der Waals surface area contributed by atoms with E-state index in [-0.39, 0.29) is 6.04 Å². The number of aryl methyl sites for hydroxylation is 1. The fourth-order valence-electron chi connectivity index (χ4n) is 1.64. The second kappa shape index (κ2) is 5.47. The first-order valence-corrected chi connectivity index (χ1v) is 5.43. The van der Waals surface area contributed by atoms with Gasteiger partial charge in [-0.3, -0.25) is 10.5 Å². The Balaban J connectivity index is 2.00. The van der Waals surface area contributed by atoms with Gasteiger partial charge in [0.25, 0.3) is 0 Å². The van der Waals surface area contributed by atoms with Crippen molar-refractivity contribution in [3.8, 4) is 5.75 Å². The fourth-order valence-corrected chi connectivity index (χ4v) is 1.64. The topological polar surface area (TPSA) is 65.1 Å². The van der Waals surface area contributed by atoms with Gasteiger partial charge in [-0.05, 0) is 18.2 Å². The molecule has 5 nitrogen and oxygen atoms in total. The average molecular weight is 232 g/mol. The van der Waals surface area contributed by atoms with Crippen LogP contribution in [0.5, 0.6) is 5.75 Å². The summed E-state index contributed by atoms with van der Waals surface area (Å²) in [4.78, 5) is 0. The van der Waals surface area contributed by atoms with Crippen LogP contribution in [0.15, 0.2) is 42.6 Å². The van der Waals surface area contributed by atoms with Crippen LogP contribution in [0.3, 0.4) is 0 Å². The third-order valence-electron chi connectivity index (χ3n) is 2.58. The van der Waals surface area contributed by atoms with Gasteiger partial charge in [-0.1, -0.05) is 18.2 Å². The van der Waals surface area contributed by atoms with E-state index in [0.717, 1.165) is 11.4 Å². The first kappa shape index (κ1) is 11.6. The minimum Gasteiger partial charge on any atom is -0.491 e. The predicted octanol–water partition coefficient (Wildman–Crippen LogP) is 1.00. The summed E-state index contributed by atoms with van der Waals surface area (Å²) >= 11 is 0. The number of ether oxygens (including phenoxy) is 1. The monoisotopic (exact) mass is 232 g/mol. The van der Waals surface area contributed by atoms with Crippen LogP contribution in [0, 0.1) is 0 Å². The van der Waals surface area contributed by atoms with Crippen LogP contribution in [0.1, 0.15) is 11.7 Å². The molecule has 0 aliphatic carbocycles. The Bertz CT molecular complexity index is 455. The smallest absolute Gasteiger partial charge is 0.119 e. The van der Waals surface area contributed by atoms with E-state index in [1.165, 1.54) is 0 Å². The zero-order valence-corrected chi connectivity index (χ0v) is 9.71. The lowest BCUT2D eigenvalue weighted by molar-refractivity contribution is 0.261. The SMILES string of the molecule is Cn1nccc1C(COc1ccccc1)NN. The average Bonchev–Trinajstić information content (AvgIpc) is 2.78. The maximum absolute atomic E-state index is 5.65. The quantitative estimate of drug-likeness (QED) is 0.596. The summed E-state index contributed by atoms with van der Waals surface area (Å²) < 4.78 is 7.43. The zero-order valence-electron chi connectivity index (χ0n) is 9.71. The molecule has 0 saturated heterocycles. The maximum atomic E-state index is 5.65. The summed E-state index contributed by atoms with van der Waals surface area (Å²) in [6, 6.07) is 11.5. The van der Waals surface area contributed by atoms with Crippen molar-refractivity contribution in [1.82, 2.24) is 15.2 Å². The van der Waals surface area contributed by atoms with Gasteiger partial charge in [0.05, 0.1) is 11.7 Å². The lowest BCUT2D eigenvalue weighted by atomic mass is 10.2. The number of hydrazine groups is 1. The molecule has 0 spiro atoms. The molecule has 17 heavy (non-hydrogen) atoms. The van der Waals surface area contributed by atoms with Crippen molar-refractivity contribution in [2.75, 3.05) is 6.61 Å². The molecule has 1 heterocycles. The van der Waals surface area contributed by atoms with E-state index in [1.54, 1.807) is 10.9 Å². The van der Waals surface area contributed by atoms with E-state index in [1.807, 2.05) is 43.4 Å². The molecule has 1 aromatic heterocycles. The third-order valence-corrected chi connectivity index (χ3v) is 2.58. The molecule has 0 bridgehead atoms. The molecule has 2 aromatic rings. The molecule has 1 atom stereocenters. The van der Waals surface area contributed by atoms with Gasteiger partial charge in [0.2, 0.25) is 0 Å². The van der Waals surface area contributed by atoms with E-state index in [9.17, 15) is 0 Å². The van der Waals surface area contributed by atoms with E-state index in [4.69, 9.17) is 10.6 Å². The Labute approximate surface area is 100 Å². The largest absolute Gasteiger partial charge is 0.491 e. The molecular weight excluding hydrogens is 216 g/mol. The van der Waals surface area contributed by atoms with E-state index in [0.29, 0.717) is 6.61 Å². The summed E-state index contributed by atoms with van der Waals surface area (Å²) in [6.07, 6.45) is 1.74. The van der Waals surface area contributed by atoms with Crippen LogP contribution in [0.4, 0.5) is 0 Å². The molecule has 0 amide bonds. The standard InChI is InChI=1S/C12H16N4O/c1-16-12(7-8-14-16)11(15-13)9-17-10-5-3-2-4-6-10/h2-8,11,15H,9,13H2,1H3. The normalized spacial score (nSPS) is 12.4.